The van der Waals surface area contributed by atoms with Crippen LogP contribution in [0.3, 0.4) is 0 Å². The predicted octanol–water partition coefficient (Wildman–Crippen LogP) is 5.01. The van der Waals surface area contributed by atoms with E-state index in [0.29, 0.717) is 24.0 Å². The molecule has 4 aromatic rings. The van der Waals surface area contributed by atoms with Crippen molar-refractivity contribution in [2.75, 3.05) is 18.1 Å². The molecule has 0 atom stereocenters. The molecule has 6 nitrogen and oxygen atoms in total. The first-order valence-corrected chi connectivity index (χ1v) is 10.9. The first-order chi connectivity index (χ1) is 15.1. The van der Waals surface area contributed by atoms with Crippen LogP contribution in [-0.4, -0.2) is 29.1 Å². The molecule has 2 aromatic carbocycles. The van der Waals surface area contributed by atoms with Gasteiger partial charge >= 0.3 is 0 Å². The average Bonchev–Trinajstić information content (AvgIpc) is 3.20. The zero-order valence-electron chi connectivity index (χ0n) is 17.4. The second-order valence-electron chi connectivity index (χ2n) is 7.01. The zero-order valence-corrected chi connectivity index (χ0v) is 18.3. The molecule has 1 amide bonds. The van der Waals surface area contributed by atoms with Gasteiger partial charge in [0.2, 0.25) is 0 Å². The number of hydrogen-bond donors (Lipinski definition) is 0. The summed E-state index contributed by atoms with van der Waals surface area (Å²) in [5, 5.41) is 0.616. The van der Waals surface area contributed by atoms with Gasteiger partial charge in [0.15, 0.2) is 11.7 Å². The minimum atomic E-state index is -0.172. The zero-order chi connectivity index (χ0) is 21.6. The third-order valence-electron chi connectivity index (χ3n) is 4.61. The Morgan fingerprint density at radius 3 is 2.71 bits per heavy atom. The van der Waals surface area contributed by atoms with Crippen molar-refractivity contribution >= 4 is 32.6 Å². The summed E-state index contributed by atoms with van der Waals surface area (Å²) in [6.07, 6.45) is 3.46. The maximum absolute atomic E-state index is 13.2. The number of benzene rings is 2. The van der Waals surface area contributed by atoms with Crippen molar-refractivity contribution in [2.45, 2.75) is 20.4 Å². The normalized spacial score (nSPS) is 10.8. The molecule has 0 aliphatic heterocycles. The van der Waals surface area contributed by atoms with E-state index in [1.54, 1.807) is 17.3 Å². The Morgan fingerprint density at radius 2 is 1.94 bits per heavy atom. The van der Waals surface area contributed by atoms with Crippen LogP contribution < -0.4 is 14.4 Å². The summed E-state index contributed by atoms with van der Waals surface area (Å²) >= 11 is 1.46. The number of aryl methyl sites for hydroxylation is 1. The molecule has 0 unspecified atom stereocenters. The fraction of sp³-hybridized carbons (Fsp3) is 0.208. The first-order valence-electron chi connectivity index (χ1n) is 10.0. The lowest BCUT2D eigenvalue weighted by Crippen LogP contribution is -2.34. The second-order valence-corrected chi connectivity index (χ2v) is 8.01. The summed E-state index contributed by atoms with van der Waals surface area (Å²) in [6.45, 7) is 4.82. The molecule has 0 spiro atoms. The van der Waals surface area contributed by atoms with E-state index in [2.05, 4.69) is 4.98 Å². The van der Waals surface area contributed by atoms with Gasteiger partial charge in [0.25, 0.3) is 5.91 Å². The van der Waals surface area contributed by atoms with Crippen molar-refractivity contribution < 1.29 is 14.3 Å². The highest BCUT2D eigenvalue weighted by molar-refractivity contribution is 7.22. The van der Waals surface area contributed by atoms with E-state index in [-0.39, 0.29) is 12.5 Å². The number of rotatable bonds is 8. The third-order valence-corrected chi connectivity index (χ3v) is 5.65. The van der Waals surface area contributed by atoms with E-state index in [1.165, 1.54) is 11.3 Å². The molecule has 158 valence electrons. The summed E-state index contributed by atoms with van der Waals surface area (Å²) in [5.41, 5.74) is 2.82. The van der Waals surface area contributed by atoms with Crippen LogP contribution in [0.1, 0.15) is 18.1 Å². The maximum atomic E-state index is 13.2. The molecule has 0 saturated heterocycles. The maximum Gasteiger partial charge on any atom is 0.267 e. The van der Waals surface area contributed by atoms with Crippen molar-refractivity contribution in [3.63, 3.8) is 0 Å². The fourth-order valence-corrected chi connectivity index (χ4v) is 4.14. The lowest BCUT2D eigenvalue weighted by Gasteiger charge is -2.20. The highest BCUT2D eigenvalue weighted by atomic mass is 32.1. The number of carbonyl (C=O) groups is 1. The van der Waals surface area contributed by atoms with Gasteiger partial charge in [-0.25, -0.2) is 4.98 Å². The van der Waals surface area contributed by atoms with E-state index >= 15 is 0 Å². The minimum Gasteiger partial charge on any atom is -0.494 e. The summed E-state index contributed by atoms with van der Waals surface area (Å²) in [5.74, 6) is 1.29. The molecule has 0 bridgehead atoms. The minimum absolute atomic E-state index is 0.0795. The largest absolute Gasteiger partial charge is 0.494 e. The second kappa shape index (κ2) is 9.57. The van der Waals surface area contributed by atoms with Gasteiger partial charge in [-0.15, -0.1) is 0 Å². The Balaban J connectivity index is 1.60. The Morgan fingerprint density at radius 1 is 1.06 bits per heavy atom. The van der Waals surface area contributed by atoms with Crippen LogP contribution in [0.5, 0.6) is 11.5 Å². The number of pyridine rings is 1. The highest BCUT2D eigenvalue weighted by Crippen LogP contribution is 2.32. The van der Waals surface area contributed by atoms with Gasteiger partial charge in [0.1, 0.15) is 11.5 Å². The number of thiazole rings is 1. The van der Waals surface area contributed by atoms with Gasteiger partial charge in [-0.1, -0.05) is 29.5 Å². The van der Waals surface area contributed by atoms with Gasteiger partial charge < -0.3 is 9.47 Å². The lowest BCUT2D eigenvalue weighted by atomic mass is 10.2. The van der Waals surface area contributed by atoms with Crippen LogP contribution >= 0.6 is 11.3 Å². The number of nitrogens with zero attached hydrogens (tertiary/aromatic N) is 3. The quantitative estimate of drug-likeness (QED) is 0.391. The smallest absolute Gasteiger partial charge is 0.267 e. The molecule has 0 N–H and O–H groups in total. The molecule has 2 aromatic heterocycles. The standard InChI is InChI=1S/C24H23N3O3S/c1-3-29-20-9-10-21-22(13-20)31-24(26-21)27(15-18-7-5-11-25-14-18)23(28)16-30-19-8-4-6-17(2)12-19/h4-14H,3,15-16H2,1-2H3. The van der Waals surface area contributed by atoms with Gasteiger partial charge in [-0.2, -0.15) is 0 Å². The van der Waals surface area contributed by atoms with Gasteiger partial charge in [0, 0.05) is 12.4 Å². The van der Waals surface area contributed by atoms with Crippen LogP contribution in [0.15, 0.2) is 67.0 Å². The molecular formula is C24H23N3O3S. The van der Waals surface area contributed by atoms with Crippen molar-refractivity contribution in [2.24, 2.45) is 0 Å². The number of anilines is 1. The SMILES string of the molecule is CCOc1ccc2nc(N(Cc3cccnc3)C(=O)COc3cccc(C)c3)sc2c1. The Hall–Kier alpha value is -3.45. The Kier molecular flexibility index (Phi) is 6.43. The lowest BCUT2D eigenvalue weighted by molar-refractivity contribution is -0.120. The topological polar surface area (TPSA) is 64.5 Å². The van der Waals surface area contributed by atoms with E-state index in [9.17, 15) is 4.79 Å². The van der Waals surface area contributed by atoms with Gasteiger partial charge in [0.05, 0.1) is 23.4 Å². The third kappa shape index (κ3) is 5.19. The summed E-state index contributed by atoms with van der Waals surface area (Å²) < 4.78 is 12.3. The van der Waals surface area contributed by atoms with Crippen molar-refractivity contribution in [1.82, 2.24) is 9.97 Å². The summed E-state index contributed by atoms with van der Waals surface area (Å²) in [7, 11) is 0. The van der Waals surface area contributed by atoms with Crippen LogP contribution in [0.4, 0.5) is 5.13 Å². The van der Waals surface area contributed by atoms with Crippen molar-refractivity contribution in [3.05, 3.63) is 78.1 Å². The molecule has 0 aliphatic rings. The number of ether oxygens (including phenoxy) is 2. The van der Waals surface area contributed by atoms with Crippen LogP contribution in [0.2, 0.25) is 0 Å². The first kappa shape index (κ1) is 20.8. The average molecular weight is 434 g/mol. The molecule has 0 saturated carbocycles. The van der Waals surface area contributed by atoms with Crippen LogP contribution in [-0.2, 0) is 11.3 Å². The molecule has 0 fully saturated rings. The summed E-state index contributed by atoms with van der Waals surface area (Å²) in [4.78, 5) is 23.7. The highest BCUT2D eigenvalue weighted by Gasteiger charge is 2.21. The molecule has 0 aliphatic carbocycles. The van der Waals surface area contributed by atoms with Gasteiger partial charge in [-0.05, 0) is 61.4 Å². The molecule has 2 heterocycles. The molecule has 0 radical (unpaired) electrons. The summed E-state index contributed by atoms with van der Waals surface area (Å²) in [6, 6.07) is 17.2. The Labute approximate surface area is 185 Å². The molecule has 4 rings (SSSR count). The van der Waals surface area contributed by atoms with Crippen molar-refractivity contribution in [1.29, 1.82) is 0 Å². The number of aromatic nitrogens is 2. The van der Waals surface area contributed by atoms with E-state index in [1.807, 2.05) is 68.4 Å². The Bertz CT molecular complexity index is 1180. The molecular weight excluding hydrogens is 410 g/mol. The molecule has 31 heavy (non-hydrogen) atoms. The predicted molar refractivity (Wildman–Crippen MR) is 123 cm³/mol. The van der Waals surface area contributed by atoms with E-state index < -0.39 is 0 Å². The number of hydrogen-bond acceptors (Lipinski definition) is 6. The fourth-order valence-electron chi connectivity index (χ4n) is 3.13. The number of amides is 1. The van der Waals surface area contributed by atoms with Crippen LogP contribution in [0.25, 0.3) is 10.2 Å². The van der Waals surface area contributed by atoms with E-state index in [4.69, 9.17) is 14.5 Å². The monoisotopic (exact) mass is 433 g/mol. The van der Waals surface area contributed by atoms with Crippen LogP contribution in [0, 0.1) is 6.92 Å². The van der Waals surface area contributed by atoms with E-state index in [0.717, 1.165) is 27.1 Å². The molecule has 7 heteroatoms. The van der Waals surface area contributed by atoms with Crippen molar-refractivity contribution in [3.8, 4) is 11.5 Å². The van der Waals surface area contributed by atoms with Gasteiger partial charge in [-0.3, -0.25) is 14.7 Å². The number of fused-ring (bicyclic) bond motifs is 1. The number of carbonyl (C=O) groups excluding carboxylic acids is 1.